The van der Waals surface area contributed by atoms with Crippen LogP contribution in [0.1, 0.15) is 30.9 Å². The van der Waals surface area contributed by atoms with E-state index in [1.807, 2.05) is 24.3 Å². The fraction of sp³-hybridized carbons (Fsp3) is 0.217. The Morgan fingerprint density at radius 3 is 2.45 bits per heavy atom. The minimum absolute atomic E-state index is 0.176. The number of alkyl halides is 3. The number of thiazole rings is 1. The van der Waals surface area contributed by atoms with Gasteiger partial charge in [0.2, 0.25) is 11.7 Å². The average Bonchev–Trinajstić information content (AvgIpc) is 3.25. The Morgan fingerprint density at radius 2 is 1.79 bits per heavy atom. The predicted octanol–water partition coefficient (Wildman–Crippen LogP) is 6.64. The van der Waals surface area contributed by atoms with Crippen LogP contribution in [0.4, 0.5) is 24.0 Å². The minimum atomic E-state index is -4.64. The number of nitrogens with zero attached hydrogens (tertiary/aromatic N) is 4. The highest BCUT2D eigenvalue weighted by molar-refractivity contribution is 7.98. The Bertz CT molecular complexity index is 1290. The largest absolute Gasteiger partial charge is 0.451 e. The van der Waals surface area contributed by atoms with Crippen molar-refractivity contribution in [2.24, 2.45) is 0 Å². The number of aromatic nitrogens is 3. The third kappa shape index (κ3) is 5.17. The van der Waals surface area contributed by atoms with Gasteiger partial charge in [-0.1, -0.05) is 49.0 Å². The molecule has 33 heavy (non-hydrogen) atoms. The zero-order valence-corrected chi connectivity index (χ0v) is 19.4. The van der Waals surface area contributed by atoms with Crippen LogP contribution >= 0.6 is 23.1 Å². The van der Waals surface area contributed by atoms with Crippen LogP contribution in [-0.2, 0) is 23.1 Å². The fourth-order valence-corrected chi connectivity index (χ4v) is 5.10. The standard InChI is InChI=1S/C23H19F3N4OS2/c1-3-15-8-10-17(11-9-15)30(14(2)31)22-27-16(13-33-22)12-32-20-18-6-4-5-7-19(18)28-21(29-20)23(24,25)26/h4-11,13H,3,12H2,1-2H3. The summed E-state index contributed by atoms with van der Waals surface area (Å²) in [6.07, 6.45) is -3.74. The number of para-hydroxylation sites is 1. The molecule has 2 aromatic heterocycles. The van der Waals surface area contributed by atoms with Crippen molar-refractivity contribution in [2.75, 3.05) is 4.90 Å². The zero-order valence-electron chi connectivity index (χ0n) is 17.8. The summed E-state index contributed by atoms with van der Waals surface area (Å²) in [5.74, 6) is -1.04. The van der Waals surface area contributed by atoms with Crippen molar-refractivity contribution in [1.29, 1.82) is 0 Å². The Morgan fingerprint density at radius 1 is 1.06 bits per heavy atom. The molecule has 0 fully saturated rings. The summed E-state index contributed by atoms with van der Waals surface area (Å²) in [7, 11) is 0. The molecule has 10 heteroatoms. The molecule has 0 bridgehead atoms. The van der Waals surface area contributed by atoms with Gasteiger partial charge < -0.3 is 0 Å². The van der Waals surface area contributed by atoms with E-state index in [1.54, 1.807) is 23.6 Å². The van der Waals surface area contributed by atoms with Crippen LogP contribution in [0.2, 0.25) is 0 Å². The summed E-state index contributed by atoms with van der Waals surface area (Å²) >= 11 is 2.46. The van der Waals surface area contributed by atoms with Crippen molar-refractivity contribution < 1.29 is 18.0 Å². The van der Waals surface area contributed by atoms with Crippen molar-refractivity contribution in [2.45, 2.75) is 37.2 Å². The first kappa shape index (κ1) is 23.2. The van der Waals surface area contributed by atoms with E-state index in [4.69, 9.17) is 0 Å². The number of rotatable bonds is 6. The van der Waals surface area contributed by atoms with E-state index in [2.05, 4.69) is 21.9 Å². The first-order chi connectivity index (χ1) is 15.8. The zero-order chi connectivity index (χ0) is 23.6. The van der Waals surface area contributed by atoms with Gasteiger partial charge in [0, 0.05) is 23.4 Å². The quantitative estimate of drug-likeness (QED) is 0.225. The minimum Gasteiger partial charge on any atom is -0.274 e. The van der Waals surface area contributed by atoms with E-state index in [0.717, 1.165) is 23.7 Å². The number of amides is 1. The van der Waals surface area contributed by atoms with Crippen LogP contribution in [0, 0.1) is 0 Å². The predicted molar refractivity (Wildman–Crippen MR) is 125 cm³/mol. The summed E-state index contributed by atoms with van der Waals surface area (Å²) in [4.78, 5) is 25.8. The fourth-order valence-electron chi connectivity index (χ4n) is 3.20. The Balaban J connectivity index is 1.59. The average molecular weight is 489 g/mol. The van der Waals surface area contributed by atoms with Crippen molar-refractivity contribution in [3.8, 4) is 0 Å². The van der Waals surface area contributed by atoms with Crippen LogP contribution in [0.5, 0.6) is 0 Å². The monoisotopic (exact) mass is 488 g/mol. The van der Waals surface area contributed by atoms with E-state index < -0.39 is 12.0 Å². The van der Waals surface area contributed by atoms with E-state index >= 15 is 0 Å². The van der Waals surface area contributed by atoms with E-state index in [-0.39, 0.29) is 16.4 Å². The van der Waals surface area contributed by atoms with Gasteiger partial charge in [-0.3, -0.25) is 9.69 Å². The molecule has 2 heterocycles. The van der Waals surface area contributed by atoms with Crippen molar-refractivity contribution in [3.63, 3.8) is 0 Å². The Labute approximate surface area is 196 Å². The normalized spacial score (nSPS) is 11.7. The molecule has 4 aromatic rings. The highest BCUT2D eigenvalue weighted by Gasteiger charge is 2.35. The Kier molecular flexibility index (Phi) is 6.66. The lowest BCUT2D eigenvalue weighted by Crippen LogP contribution is -2.22. The number of fused-ring (bicyclic) bond motifs is 1. The van der Waals surface area contributed by atoms with Gasteiger partial charge >= 0.3 is 6.18 Å². The number of halogens is 3. The number of carbonyl (C=O) groups excluding carboxylic acids is 1. The van der Waals surface area contributed by atoms with Crippen molar-refractivity contribution >= 4 is 50.7 Å². The van der Waals surface area contributed by atoms with Gasteiger partial charge in [0.15, 0.2) is 5.13 Å². The van der Waals surface area contributed by atoms with Crippen LogP contribution in [-0.4, -0.2) is 20.9 Å². The molecule has 0 saturated heterocycles. The molecule has 170 valence electrons. The van der Waals surface area contributed by atoms with Gasteiger partial charge in [0.1, 0.15) is 5.03 Å². The molecule has 0 radical (unpaired) electrons. The molecular weight excluding hydrogens is 469 g/mol. The molecule has 0 spiro atoms. The second-order valence-electron chi connectivity index (χ2n) is 7.15. The molecule has 5 nitrogen and oxygen atoms in total. The van der Waals surface area contributed by atoms with Gasteiger partial charge in [-0.2, -0.15) is 13.2 Å². The number of hydrogen-bond acceptors (Lipinski definition) is 6. The second-order valence-corrected chi connectivity index (χ2v) is 8.95. The molecule has 0 N–H and O–H groups in total. The number of thioether (sulfide) groups is 1. The van der Waals surface area contributed by atoms with Gasteiger partial charge in [0.05, 0.1) is 16.9 Å². The SMILES string of the molecule is CCc1ccc(N(C(C)=O)c2nc(CSc3nc(C(F)(F)F)nc4ccccc34)cs2)cc1. The van der Waals surface area contributed by atoms with E-state index in [0.29, 0.717) is 27.7 Å². The highest BCUT2D eigenvalue weighted by atomic mass is 32.2. The molecule has 1 amide bonds. The van der Waals surface area contributed by atoms with Gasteiger partial charge in [-0.05, 0) is 30.2 Å². The number of hydrogen-bond donors (Lipinski definition) is 0. The molecule has 0 saturated carbocycles. The summed E-state index contributed by atoms with van der Waals surface area (Å²) in [5.41, 5.74) is 2.76. The first-order valence-electron chi connectivity index (χ1n) is 10.1. The third-order valence-corrected chi connectivity index (χ3v) is 6.73. The molecule has 0 atom stereocenters. The maximum absolute atomic E-state index is 13.3. The van der Waals surface area contributed by atoms with E-state index in [1.165, 1.54) is 29.2 Å². The molecule has 2 aromatic carbocycles. The summed E-state index contributed by atoms with van der Waals surface area (Å²) in [6, 6.07) is 14.3. The molecule has 4 rings (SSSR count). The van der Waals surface area contributed by atoms with Crippen molar-refractivity contribution in [1.82, 2.24) is 15.0 Å². The smallest absolute Gasteiger partial charge is 0.274 e. The maximum atomic E-state index is 13.3. The summed E-state index contributed by atoms with van der Waals surface area (Å²) in [5, 5.41) is 3.09. The second kappa shape index (κ2) is 9.48. The highest BCUT2D eigenvalue weighted by Crippen LogP contribution is 2.35. The maximum Gasteiger partial charge on any atom is 0.451 e. The molecule has 0 aliphatic heterocycles. The summed E-state index contributed by atoms with van der Waals surface area (Å²) in [6.45, 7) is 3.52. The van der Waals surface area contributed by atoms with Crippen LogP contribution in [0.25, 0.3) is 10.9 Å². The number of aryl methyl sites for hydroxylation is 1. The lowest BCUT2D eigenvalue weighted by Gasteiger charge is -2.18. The lowest BCUT2D eigenvalue weighted by molar-refractivity contribution is -0.145. The Hall–Kier alpha value is -2.98. The molecule has 0 aliphatic rings. The number of benzene rings is 2. The van der Waals surface area contributed by atoms with Gasteiger partial charge in [-0.25, -0.2) is 15.0 Å². The van der Waals surface area contributed by atoms with E-state index in [9.17, 15) is 18.0 Å². The van der Waals surface area contributed by atoms with Crippen LogP contribution in [0.3, 0.4) is 0 Å². The number of anilines is 2. The molecule has 0 unspecified atom stereocenters. The van der Waals surface area contributed by atoms with Gasteiger partial charge in [-0.15, -0.1) is 11.3 Å². The first-order valence-corrected chi connectivity index (χ1v) is 11.9. The summed E-state index contributed by atoms with van der Waals surface area (Å²) < 4.78 is 39.8. The lowest BCUT2D eigenvalue weighted by atomic mass is 10.1. The van der Waals surface area contributed by atoms with Crippen molar-refractivity contribution in [3.05, 3.63) is 71.0 Å². The third-order valence-electron chi connectivity index (χ3n) is 4.83. The molecular formula is C23H19F3N4OS2. The topological polar surface area (TPSA) is 59.0 Å². The number of carbonyl (C=O) groups is 1. The van der Waals surface area contributed by atoms with Gasteiger partial charge in [0.25, 0.3) is 0 Å². The van der Waals surface area contributed by atoms with Crippen LogP contribution in [0.15, 0.2) is 58.9 Å². The molecule has 0 aliphatic carbocycles. The van der Waals surface area contributed by atoms with Crippen LogP contribution < -0.4 is 4.90 Å².